The third kappa shape index (κ3) is 2.26. The van der Waals surface area contributed by atoms with E-state index in [2.05, 4.69) is 10.6 Å². The van der Waals surface area contributed by atoms with Gasteiger partial charge in [-0.2, -0.15) is 0 Å². The summed E-state index contributed by atoms with van der Waals surface area (Å²) in [6.07, 6.45) is 0. The van der Waals surface area contributed by atoms with Gasteiger partial charge in [0.05, 0.1) is 13.2 Å². The first-order valence-electron chi connectivity index (χ1n) is 4.25. The maximum absolute atomic E-state index is 11.4. The Morgan fingerprint density at radius 1 is 1.54 bits per heavy atom. The van der Waals surface area contributed by atoms with Gasteiger partial charge in [0, 0.05) is 6.61 Å². The fourth-order valence-corrected chi connectivity index (χ4v) is 1.09. The molecule has 0 saturated carbocycles. The number of rotatable bonds is 3. The lowest BCUT2D eigenvalue weighted by molar-refractivity contribution is -0.139. The smallest absolute Gasteiger partial charge is 0.249 e. The zero-order chi connectivity index (χ0) is 9.90. The minimum atomic E-state index is -0.774. The van der Waals surface area contributed by atoms with Crippen molar-refractivity contribution in [2.45, 2.75) is 19.4 Å². The van der Waals surface area contributed by atoms with Crippen molar-refractivity contribution in [2.75, 3.05) is 19.8 Å². The lowest BCUT2D eigenvalue weighted by Crippen LogP contribution is -2.65. The minimum Gasteiger partial charge on any atom is -0.379 e. The van der Waals surface area contributed by atoms with Crippen LogP contribution in [0.5, 0.6) is 0 Å². The fraction of sp³-hybridized carbons (Fsp3) is 0.750. The Kier molecular flexibility index (Phi) is 3.00. The Hall–Kier alpha value is -0.940. The van der Waals surface area contributed by atoms with Crippen molar-refractivity contribution in [3.8, 4) is 0 Å². The Balaban J connectivity index is 2.56. The second-order valence-electron chi connectivity index (χ2n) is 3.20. The molecule has 0 aromatic rings. The molecular formula is C8H14N2O3. The molecule has 74 valence electrons. The highest BCUT2D eigenvalue weighted by atomic mass is 16.5. The molecule has 1 atom stereocenters. The molecule has 1 saturated heterocycles. The highest BCUT2D eigenvalue weighted by Crippen LogP contribution is 2.07. The number of carbonyl (C=O) groups excluding carboxylic acids is 2. The Bertz CT molecular complexity index is 229. The van der Waals surface area contributed by atoms with Crippen LogP contribution in [0.25, 0.3) is 0 Å². The predicted molar refractivity (Wildman–Crippen MR) is 46.1 cm³/mol. The van der Waals surface area contributed by atoms with Crippen LogP contribution < -0.4 is 10.6 Å². The van der Waals surface area contributed by atoms with Gasteiger partial charge in [-0.15, -0.1) is 0 Å². The van der Waals surface area contributed by atoms with Gasteiger partial charge >= 0.3 is 0 Å². The molecule has 1 unspecified atom stereocenters. The molecule has 13 heavy (non-hydrogen) atoms. The standard InChI is InChI=1S/C8H14N2O3/c1-3-13-5-8(2)7(12)10-6(11)4-9-8/h9H,3-5H2,1-2H3,(H,10,11,12). The number of hydrogen-bond donors (Lipinski definition) is 2. The maximum atomic E-state index is 11.4. The van der Waals surface area contributed by atoms with Gasteiger partial charge in [-0.1, -0.05) is 0 Å². The van der Waals surface area contributed by atoms with E-state index in [9.17, 15) is 9.59 Å². The molecule has 0 aromatic heterocycles. The molecule has 0 bridgehead atoms. The normalized spacial score (nSPS) is 28.8. The summed E-state index contributed by atoms with van der Waals surface area (Å²) >= 11 is 0. The third-order valence-electron chi connectivity index (χ3n) is 1.99. The summed E-state index contributed by atoms with van der Waals surface area (Å²) < 4.78 is 5.15. The fourth-order valence-electron chi connectivity index (χ4n) is 1.09. The largest absolute Gasteiger partial charge is 0.379 e. The predicted octanol–water partition coefficient (Wildman–Crippen LogP) is -0.972. The van der Waals surface area contributed by atoms with Gasteiger partial charge < -0.3 is 4.74 Å². The van der Waals surface area contributed by atoms with Crippen LogP contribution in [-0.4, -0.2) is 37.1 Å². The van der Waals surface area contributed by atoms with Gasteiger partial charge in [0.1, 0.15) is 5.54 Å². The van der Waals surface area contributed by atoms with Gasteiger partial charge in [0.2, 0.25) is 11.8 Å². The van der Waals surface area contributed by atoms with Crippen LogP contribution >= 0.6 is 0 Å². The van der Waals surface area contributed by atoms with E-state index < -0.39 is 5.54 Å². The average molecular weight is 186 g/mol. The van der Waals surface area contributed by atoms with Crippen molar-refractivity contribution >= 4 is 11.8 Å². The zero-order valence-corrected chi connectivity index (χ0v) is 7.85. The van der Waals surface area contributed by atoms with Gasteiger partial charge in [-0.25, -0.2) is 0 Å². The number of piperazine rings is 1. The summed E-state index contributed by atoms with van der Waals surface area (Å²) in [5.74, 6) is -0.615. The van der Waals surface area contributed by atoms with Crippen molar-refractivity contribution in [3.63, 3.8) is 0 Å². The maximum Gasteiger partial charge on any atom is 0.249 e. The first-order chi connectivity index (χ1) is 6.08. The minimum absolute atomic E-state index is 0.162. The van der Waals surface area contributed by atoms with Crippen molar-refractivity contribution in [1.82, 2.24) is 10.6 Å². The molecule has 1 aliphatic heterocycles. The third-order valence-corrected chi connectivity index (χ3v) is 1.99. The van der Waals surface area contributed by atoms with E-state index >= 15 is 0 Å². The molecule has 1 rings (SSSR count). The van der Waals surface area contributed by atoms with E-state index in [1.54, 1.807) is 6.92 Å². The van der Waals surface area contributed by atoms with Crippen LogP contribution in [0, 0.1) is 0 Å². The second kappa shape index (κ2) is 3.85. The van der Waals surface area contributed by atoms with E-state index in [0.29, 0.717) is 6.61 Å². The van der Waals surface area contributed by atoms with Crippen molar-refractivity contribution in [2.24, 2.45) is 0 Å². The van der Waals surface area contributed by atoms with Crippen LogP contribution in [0.15, 0.2) is 0 Å². The Morgan fingerprint density at radius 2 is 2.23 bits per heavy atom. The summed E-state index contributed by atoms with van der Waals surface area (Å²) in [5, 5.41) is 5.10. The van der Waals surface area contributed by atoms with E-state index in [0.717, 1.165) is 0 Å². The van der Waals surface area contributed by atoms with Crippen LogP contribution in [0.3, 0.4) is 0 Å². The lowest BCUT2D eigenvalue weighted by atomic mass is 10.0. The molecular weight excluding hydrogens is 172 g/mol. The number of amides is 2. The number of nitrogens with one attached hydrogen (secondary N) is 2. The van der Waals surface area contributed by atoms with Crippen molar-refractivity contribution in [1.29, 1.82) is 0 Å². The first kappa shape index (κ1) is 10.1. The second-order valence-corrected chi connectivity index (χ2v) is 3.20. The van der Waals surface area contributed by atoms with E-state index in [1.165, 1.54) is 0 Å². The Morgan fingerprint density at radius 3 is 2.77 bits per heavy atom. The highest BCUT2D eigenvalue weighted by Gasteiger charge is 2.38. The van der Waals surface area contributed by atoms with Crippen LogP contribution in [-0.2, 0) is 14.3 Å². The Labute approximate surface area is 76.8 Å². The summed E-state index contributed by atoms with van der Waals surface area (Å²) in [6, 6.07) is 0. The van der Waals surface area contributed by atoms with E-state index in [1.807, 2.05) is 6.92 Å². The van der Waals surface area contributed by atoms with E-state index in [4.69, 9.17) is 4.74 Å². The molecule has 2 amide bonds. The van der Waals surface area contributed by atoms with Crippen molar-refractivity contribution in [3.05, 3.63) is 0 Å². The van der Waals surface area contributed by atoms with E-state index in [-0.39, 0.29) is 25.0 Å². The number of carbonyl (C=O) groups is 2. The lowest BCUT2D eigenvalue weighted by Gasteiger charge is -2.32. The molecule has 2 N–H and O–H groups in total. The summed E-state index contributed by atoms with van der Waals surface area (Å²) in [5.41, 5.74) is -0.774. The molecule has 1 fully saturated rings. The molecule has 0 aliphatic carbocycles. The van der Waals surface area contributed by atoms with Gasteiger partial charge in [-0.3, -0.25) is 20.2 Å². The molecule has 0 spiro atoms. The van der Waals surface area contributed by atoms with Gasteiger partial charge in [-0.05, 0) is 13.8 Å². The van der Waals surface area contributed by atoms with Crippen molar-refractivity contribution < 1.29 is 14.3 Å². The average Bonchev–Trinajstić information content (AvgIpc) is 2.09. The van der Waals surface area contributed by atoms with Gasteiger partial charge in [0.15, 0.2) is 0 Å². The summed E-state index contributed by atoms with van der Waals surface area (Å²) in [6.45, 7) is 4.57. The number of hydrogen-bond acceptors (Lipinski definition) is 4. The first-order valence-corrected chi connectivity index (χ1v) is 4.25. The number of ether oxygens (including phenoxy) is 1. The van der Waals surface area contributed by atoms with Gasteiger partial charge in [0.25, 0.3) is 0 Å². The van der Waals surface area contributed by atoms with Crippen LogP contribution in [0.4, 0.5) is 0 Å². The molecule has 5 nitrogen and oxygen atoms in total. The summed E-state index contributed by atoms with van der Waals surface area (Å²) in [4.78, 5) is 22.2. The number of imide groups is 1. The highest BCUT2D eigenvalue weighted by molar-refractivity contribution is 6.03. The summed E-state index contributed by atoms with van der Waals surface area (Å²) in [7, 11) is 0. The van der Waals surface area contributed by atoms with Crippen LogP contribution in [0.1, 0.15) is 13.8 Å². The molecule has 0 radical (unpaired) electrons. The molecule has 5 heteroatoms. The molecule has 1 heterocycles. The SMILES string of the molecule is CCOCC1(C)NCC(=O)NC1=O. The zero-order valence-electron chi connectivity index (χ0n) is 7.85. The monoisotopic (exact) mass is 186 g/mol. The molecule has 1 aliphatic rings. The van der Waals surface area contributed by atoms with Crippen LogP contribution in [0.2, 0.25) is 0 Å². The quantitative estimate of drug-likeness (QED) is 0.556. The topological polar surface area (TPSA) is 67.4 Å². The molecule has 0 aromatic carbocycles.